The van der Waals surface area contributed by atoms with Crippen LogP contribution in [0.2, 0.25) is 0 Å². The van der Waals surface area contributed by atoms with Gasteiger partial charge in [0, 0.05) is 11.6 Å². The van der Waals surface area contributed by atoms with Gasteiger partial charge in [-0.1, -0.05) is 44.2 Å². The van der Waals surface area contributed by atoms with E-state index in [4.69, 9.17) is 4.74 Å². The Kier molecular flexibility index (Phi) is 4.66. The highest BCUT2D eigenvalue weighted by Crippen LogP contribution is 2.20. The van der Waals surface area contributed by atoms with Crippen LogP contribution in [-0.4, -0.2) is 9.97 Å². The first kappa shape index (κ1) is 14.0. The van der Waals surface area contributed by atoms with Crippen molar-refractivity contribution >= 4 is 10.9 Å². The molecule has 0 bridgehead atoms. The number of hydrogen-bond acceptors (Lipinski definition) is 3. The zero-order valence-corrected chi connectivity index (χ0v) is 12.0. The van der Waals surface area contributed by atoms with Crippen molar-refractivity contribution in [1.82, 2.24) is 9.97 Å². The van der Waals surface area contributed by atoms with Crippen molar-refractivity contribution in [2.24, 2.45) is 0 Å². The van der Waals surface area contributed by atoms with E-state index >= 15 is 0 Å². The maximum atomic E-state index is 5.60. The lowest BCUT2D eigenvalue weighted by Crippen LogP contribution is -1.92. The number of hydrogen-bond donors (Lipinski definition) is 0. The Balaban J connectivity index is 0.000000704. The van der Waals surface area contributed by atoms with Crippen LogP contribution < -0.4 is 4.74 Å². The number of para-hydroxylation sites is 1. The number of nitrogens with zero attached hydrogens (tertiary/aromatic N) is 2. The average molecular weight is 266 g/mol. The van der Waals surface area contributed by atoms with Gasteiger partial charge in [0.25, 0.3) is 0 Å². The maximum Gasteiger partial charge on any atom is 0.322 e. The fraction of sp³-hybridized carbons (Fsp3) is 0.176. The highest BCUT2D eigenvalue weighted by Gasteiger charge is 2.02. The van der Waals surface area contributed by atoms with Crippen LogP contribution in [0.3, 0.4) is 0 Å². The van der Waals surface area contributed by atoms with Crippen molar-refractivity contribution in [3.8, 4) is 11.8 Å². The molecule has 102 valence electrons. The summed E-state index contributed by atoms with van der Waals surface area (Å²) in [6.45, 7) is 6.04. The van der Waals surface area contributed by atoms with Crippen LogP contribution in [0, 0.1) is 6.92 Å². The lowest BCUT2D eigenvalue weighted by Gasteiger charge is -2.04. The summed E-state index contributed by atoms with van der Waals surface area (Å²) in [6, 6.07) is 16.0. The molecule has 3 nitrogen and oxygen atoms in total. The Morgan fingerprint density at radius 1 is 0.950 bits per heavy atom. The van der Waals surface area contributed by atoms with Crippen LogP contribution in [-0.2, 0) is 0 Å². The quantitative estimate of drug-likeness (QED) is 0.671. The second-order valence-corrected chi connectivity index (χ2v) is 4.13. The molecule has 0 saturated carbocycles. The van der Waals surface area contributed by atoms with Crippen LogP contribution in [0.4, 0.5) is 0 Å². The van der Waals surface area contributed by atoms with Crippen LogP contribution in [0.5, 0.6) is 11.8 Å². The van der Waals surface area contributed by atoms with Crippen LogP contribution >= 0.6 is 0 Å². The lowest BCUT2D eigenvalue weighted by atomic mass is 10.2. The smallest absolute Gasteiger partial charge is 0.322 e. The molecular weight excluding hydrogens is 248 g/mol. The largest absolute Gasteiger partial charge is 0.424 e. The number of fused-ring (bicyclic) bond motifs is 1. The first-order valence-corrected chi connectivity index (χ1v) is 6.77. The van der Waals surface area contributed by atoms with Crippen LogP contribution in [0.1, 0.15) is 19.4 Å². The molecule has 0 aliphatic rings. The van der Waals surface area contributed by atoms with Gasteiger partial charge in [0.15, 0.2) is 0 Å². The molecule has 1 aromatic heterocycles. The van der Waals surface area contributed by atoms with Crippen molar-refractivity contribution in [2.75, 3.05) is 0 Å². The Labute approximate surface area is 119 Å². The van der Waals surface area contributed by atoms with Crippen LogP contribution in [0.25, 0.3) is 10.9 Å². The molecule has 3 aromatic rings. The summed E-state index contributed by atoms with van der Waals surface area (Å²) >= 11 is 0. The minimum absolute atomic E-state index is 0.374. The van der Waals surface area contributed by atoms with Gasteiger partial charge in [-0.2, -0.15) is 4.98 Å². The molecule has 0 atom stereocenters. The summed E-state index contributed by atoms with van der Waals surface area (Å²) < 4.78 is 5.60. The lowest BCUT2D eigenvalue weighted by molar-refractivity contribution is 0.444. The SMILES string of the molecule is CC.Cc1ccc2cnc(Oc3ccccc3)nc2c1. The topological polar surface area (TPSA) is 35.0 Å². The Bertz CT molecular complexity index is 681. The minimum Gasteiger partial charge on any atom is -0.424 e. The molecule has 0 fully saturated rings. The number of rotatable bonds is 2. The van der Waals surface area contributed by atoms with E-state index in [1.54, 1.807) is 6.20 Å². The Morgan fingerprint density at radius 3 is 2.45 bits per heavy atom. The van der Waals surface area contributed by atoms with Gasteiger partial charge in [-0.25, -0.2) is 4.98 Å². The monoisotopic (exact) mass is 266 g/mol. The molecule has 0 N–H and O–H groups in total. The number of aromatic nitrogens is 2. The van der Waals surface area contributed by atoms with E-state index in [1.807, 2.05) is 69.3 Å². The fourth-order valence-electron chi connectivity index (χ4n) is 1.76. The number of aryl methyl sites for hydroxylation is 1. The zero-order chi connectivity index (χ0) is 14.4. The second-order valence-electron chi connectivity index (χ2n) is 4.13. The van der Waals surface area contributed by atoms with Crippen LogP contribution in [0.15, 0.2) is 54.7 Å². The molecule has 0 spiro atoms. The molecule has 2 aromatic carbocycles. The molecule has 0 radical (unpaired) electrons. The summed E-state index contributed by atoms with van der Waals surface area (Å²) in [7, 11) is 0. The second kappa shape index (κ2) is 6.66. The summed E-state index contributed by atoms with van der Waals surface area (Å²) in [5, 5.41) is 1.01. The molecule has 0 saturated heterocycles. The van der Waals surface area contributed by atoms with Gasteiger partial charge in [0.1, 0.15) is 5.75 Å². The molecular formula is C17H18N2O. The number of ether oxygens (including phenoxy) is 1. The summed E-state index contributed by atoms with van der Waals surface area (Å²) in [5.41, 5.74) is 2.07. The zero-order valence-electron chi connectivity index (χ0n) is 12.0. The Hall–Kier alpha value is -2.42. The fourth-order valence-corrected chi connectivity index (χ4v) is 1.76. The number of benzene rings is 2. The van der Waals surface area contributed by atoms with Gasteiger partial charge < -0.3 is 4.74 Å². The molecule has 20 heavy (non-hydrogen) atoms. The standard InChI is InChI=1S/C15H12N2O.C2H6/c1-11-7-8-12-10-16-15(17-14(12)9-11)18-13-5-3-2-4-6-13;1-2/h2-10H,1H3;1-2H3. The van der Waals surface area contributed by atoms with Gasteiger partial charge in [0.05, 0.1) is 5.52 Å². The van der Waals surface area contributed by atoms with E-state index in [0.29, 0.717) is 6.01 Å². The van der Waals surface area contributed by atoms with Gasteiger partial charge in [-0.3, -0.25) is 0 Å². The molecule has 0 aliphatic heterocycles. The van der Waals surface area contributed by atoms with E-state index in [1.165, 1.54) is 5.56 Å². The van der Waals surface area contributed by atoms with Gasteiger partial charge in [0.2, 0.25) is 0 Å². The molecule has 3 heteroatoms. The summed E-state index contributed by atoms with van der Waals surface area (Å²) in [6.07, 6.45) is 1.78. The predicted octanol–water partition coefficient (Wildman–Crippen LogP) is 4.76. The summed E-state index contributed by atoms with van der Waals surface area (Å²) in [4.78, 5) is 8.60. The molecule has 0 aliphatic carbocycles. The Morgan fingerprint density at radius 2 is 1.70 bits per heavy atom. The van der Waals surface area contributed by atoms with Crippen molar-refractivity contribution in [3.05, 3.63) is 60.3 Å². The van der Waals surface area contributed by atoms with Crippen molar-refractivity contribution in [3.63, 3.8) is 0 Å². The normalized spacial score (nSPS) is 9.75. The van der Waals surface area contributed by atoms with Gasteiger partial charge in [-0.05, 0) is 30.7 Å². The van der Waals surface area contributed by atoms with Crippen molar-refractivity contribution in [1.29, 1.82) is 0 Å². The van der Waals surface area contributed by atoms with E-state index in [2.05, 4.69) is 9.97 Å². The first-order valence-electron chi connectivity index (χ1n) is 6.77. The third-order valence-electron chi connectivity index (χ3n) is 2.67. The minimum atomic E-state index is 0.374. The van der Waals surface area contributed by atoms with E-state index in [0.717, 1.165) is 16.7 Å². The maximum absolute atomic E-state index is 5.60. The molecule has 0 amide bonds. The van der Waals surface area contributed by atoms with E-state index in [-0.39, 0.29) is 0 Å². The predicted molar refractivity (Wildman–Crippen MR) is 82.1 cm³/mol. The van der Waals surface area contributed by atoms with Crippen molar-refractivity contribution in [2.45, 2.75) is 20.8 Å². The highest BCUT2D eigenvalue weighted by molar-refractivity contribution is 5.78. The van der Waals surface area contributed by atoms with Crippen molar-refractivity contribution < 1.29 is 4.74 Å². The third kappa shape index (κ3) is 3.32. The van der Waals surface area contributed by atoms with Gasteiger partial charge >= 0.3 is 6.01 Å². The highest BCUT2D eigenvalue weighted by atomic mass is 16.5. The molecule has 0 unspecified atom stereocenters. The first-order chi connectivity index (χ1) is 9.81. The summed E-state index contributed by atoms with van der Waals surface area (Å²) in [5.74, 6) is 0.740. The van der Waals surface area contributed by atoms with Gasteiger partial charge in [-0.15, -0.1) is 0 Å². The third-order valence-corrected chi connectivity index (χ3v) is 2.67. The van der Waals surface area contributed by atoms with E-state index in [9.17, 15) is 0 Å². The van der Waals surface area contributed by atoms with E-state index < -0.39 is 0 Å². The molecule has 3 rings (SSSR count). The average Bonchev–Trinajstić information content (AvgIpc) is 2.50. The molecule has 1 heterocycles.